The number of carbonyl (C=O) groups is 1. The molecule has 5 nitrogen and oxygen atoms in total. The van der Waals surface area contributed by atoms with Crippen molar-refractivity contribution in [3.05, 3.63) is 36.0 Å². The first-order chi connectivity index (χ1) is 10.3. The molecule has 2 aromatic rings. The van der Waals surface area contributed by atoms with E-state index in [2.05, 4.69) is 32.2 Å². The van der Waals surface area contributed by atoms with Crippen molar-refractivity contribution in [2.75, 3.05) is 34.3 Å². The van der Waals surface area contributed by atoms with E-state index in [1.807, 2.05) is 24.3 Å². The van der Waals surface area contributed by atoms with Gasteiger partial charge in [0.25, 0.3) is 0 Å². The lowest BCUT2D eigenvalue weighted by molar-refractivity contribution is -0.870. The average Bonchev–Trinajstić information content (AvgIpc) is 2.80. The average molecular weight is 343 g/mol. The number of benzene rings is 1. The van der Waals surface area contributed by atoms with Gasteiger partial charge in [-0.15, -0.1) is 0 Å². The number of quaternary nitrogens is 1. The van der Waals surface area contributed by atoms with Gasteiger partial charge >= 0.3 is 5.97 Å². The van der Waals surface area contributed by atoms with Gasteiger partial charge in [-0.3, -0.25) is 4.79 Å². The standard InChI is InChI=1S/C12H13NO2.C5H14NO.ClH/c14-12(15)7-3-5-10-8-9-4-1-2-6-11(9)13-10;1-6(2,3)4-5-7;/h1-2,4,6,8,13H,3,5,7H2,(H,14,15);7H,4-5H2,1-3H3;1H/q;+1;/p-1. The van der Waals surface area contributed by atoms with E-state index >= 15 is 0 Å². The zero-order valence-electron chi connectivity index (χ0n) is 14.1. The van der Waals surface area contributed by atoms with Crippen LogP contribution >= 0.6 is 0 Å². The van der Waals surface area contributed by atoms with Crippen molar-refractivity contribution in [1.29, 1.82) is 0 Å². The Bertz CT molecular complexity index is 558. The van der Waals surface area contributed by atoms with Crippen molar-refractivity contribution in [3.63, 3.8) is 0 Å². The maximum absolute atomic E-state index is 10.4. The summed E-state index contributed by atoms with van der Waals surface area (Å²) in [5.74, 6) is -0.730. The summed E-state index contributed by atoms with van der Waals surface area (Å²) in [6.45, 7) is 1.11. The lowest BCUT2D eigenvalue weighted by Gasteiger charge is -2.21. The number of fused-ring (bicyclic) bond motifs is 1. The van der Waals surface area contributed by atoms with Crippen LogP contribution in [0.2, 0.25) is 0 Å². The molecular weight excluding hydrogens is 316 g/mol. The highest BCUT2D eigenvalue weighted by molar-refractivity contribution is 5.80. The minimum atomic E-state index is -0.730. The fourth-order valence-corrected chi connectivity index (χ4v) is 2.00. The number of aromatic amines is 1. The molecule has 2 rings (SSSR count). The quantitative estimate of drug-likeness (QED) is 0.606. The molecule has 0 saturated carbocycles. The SMILES string of the molecule is C[N+](C)(C)CCO.O=C(O)CCCc1cc2ccccc2[nH]1.[Cl-]. The van der Waals surface area contributed by atoms with Crippen LogP contribution < -0.4 is 12.4 Å². The summed E-state index contributed by atoms with van der Waals surface area (Å²) in [6.07, 6.45) is 1.71. The van der Waals surface area contributed by atoms with Gasteiger partial charge in [0.2, 0.25) is 0 Å². The molecule has 1 aromatic heterocycles. The van der Waals surface area contributed by atoms with Crippen LogP contribution in [0.1, 0.15) is 18.5 Å². The summed E-state index contributed by atoms with van der Waals surface area (Å²) in [7, 11) is 6.16. The van der Waals surface area contributed by atoms with E-state index < -0.39 is 5.97 Å². The summed E-state index contributed by atoms with van der Waals surface area (Å²) < 4.78 is 0.844. The minimum Gasteiger partial charge on any atom is -1.00 e. The third kappa shape index (κ3) is 9.23. The molecule has 3 N–H and O–H groups in total. The first-order valence-corrected chi connectivity index (χ1v) is 7.51. The Hall–Kier alpha value is -1.56. The molecule has 0 spiro atoms. The van der Waals surface area contributed by atoms with Crippen molar-refractivity contribution < 1.29 is 31.9 Å². The van der Waals surface area contributed by atoms with Crippen LogP contribution in [0.3, 0.4) is 0 Å². The number of nitrogens with zero attached hydrogens (tertiary/aromatic N) is 1. The molecule has 0 aliphatic rings. The first-order valence-electron chi connectivity index (χ1n) is 7.51. The molecule has 130 valence electrons. The van der Waals surface area contributed by atoms with Gasteiger partial charge in [0.15, 0.2) is 0 Å². The third-order valence-corrected chi connectivity index (χ3v) is 3.19. The molecule has 0 aliphatic carbocycles. The summed E-state index contributed by atoms with van der Waals surface area (Å²) in [5, 5.41) is 18.1. The zero-order valence-corrected chi connectivity index (χ0v) is 14.8. The van der Waals surface area contributed by atoms with Crippen LogP contribution in [0.4, 0.5) is 0 Å². The highest BCUT2D eigenvalue weighted by Crippen LogP contribution is 2.15. The normalized spacial score (nSPS) is 10.6. The Kier molecular flexibility index (Phi) is 9.56. The van der Waals surface area contributed by atoms with E-state index in [9.17, 15) is 4.79 Å². The molecule has 1 aromatic carbocycles. The number of aliphatic hydroxyl groups is 1. The first kappa shape index (κ1) is 21.4. The number of hydrogen-bond acceptors (Lipinski definition) is 2. The number of aromatic nitrogens is 1. The van der Waals surface area contributed by atoms with Gasteiger partial charge < -0.3 is 32.1 Å². The van der Waals surface area contributed by atoms with Crippen molar-refractivity contribution in [1.82, 2.24) is 4.98 Å². The second-order valence-electron chi connectivity index (χ2n) is 6.37. The fraction of sp³-hybridized carbons (Fsp3) is 0.471. The summed E-state index contributed by atoms with van der Waals surface area (Å²) in [5.41, 5.74) is 2.22. The molecule has 0 radical (unpaired) electrons. The van der Waals surface area contributed by atoms with Crippen molar-refractivity contribution in [2.45, 2.75) is 19.3 Å². The molecule has 23 heavy (non-hydrogen) atoms. The maximum Gasteiger partial charge on any atom is 0.303 e. The molecule has 0 fully saturated rings. The lowest BCUT2D eigenvalue weighted by atomic mass is 10.2. The molecule has 0 amide bonds. The van der Waals surface area contributed by atoms with Crippen LogP contribution in [0.25, 0.3) is 10.9 Å². The molecule has 0 saturated heterocycles. The summed E-state index contributed by atoms with van der Waals surface area (Å²) in [6, 6.07) is 10.1. The molecule has 0 bridgehead atoms. The predicted molar refractivity (Wildman–Crippen MR) is 88.9 cm³/mol. The van der Waals surface area contributed by atoms with Crippen LogP contribution in [0.5, 0.6) is 0 Å². The molecular formula is C17H27ClN2O3. The maximum atomic E-state index is 10.4. The minimum absolute atomic E-state index is 0. The van der Waals surface area contributed by atoms with E-state index in [-0.39, 0.29) is 25.4 Å². The Morgan fingerprint density at radius 3 is 2.35 bits per heavy atom. The number of H-pyrrole nitrogens is 1. The van der Waals surface area contributed by atoms with Crippen LogP contribution in [0, 0.1) is 0 Å². The topological polar surface area (TPSA) is 73.3 Å². The van der Waals surface area contributed by atoms with Crippen LogP contribution in [-0.4, -0.2) is 59.9 Å². The van der Waals surface area contributed by atoms with Gasteiger partial charge in [0.1, 0.15) is 6.54 Å². The van der Waals surface area contributed by atoms with Gasteiger partial charge in [-0.05, 0) is 30.4 Å². The highest BCUT2D eigenvalue weighted by Gasteiger charge is 2.02. The number of aliphatic hydroxyl groups excluding tert-OH is 1. The van der Waals surface area contributed by atoms with Crippen LogP contribution in [0.15, 0.2) is 30.3 Å². The summed E-state index contributed by atoms with van der Waals surface area (Å²) >= 11 is 0. The number of carboxylic acid groups (broad SMARTS) is 1. The smallest absolute Gasteiger partial charge is 0.303 e. The summed E-state index contributed by atoms with van der Waals surface area (Å²) in [4.78, 5) is 13.6. The number of rotatable bonds is 6. The number of para-hydroxylation sites is 1. The van der Waals surface area contributed by atoms with E-state index in [1.165, 1.54) is 5.39 Å². The molecule has 0 atom stereocenters. The largest absolute Gasteiger partial charge is 1.00 e. The van der Waals surface area contributed by atoms with Gasteiger partial charge in [-0.1, -0.05) is 18.2 Å². The molecule has 6 heteroatoms. The van der Waals surface area contributed by atoms with E-state index in [1.54, 1.807) is 0 Å². The van der Waals surface area contributed by atoms with Crippen molar-refractivity contribution >= 4 is 16.9 Å². The van der Waals surface area contributed by atoms with E-state index in [0.717, 1.165) is 28.7 Å². The monoisotopic (exact) mass is 342 g/mol. The lowest BCUT2D eigenvalue weighted by Crippen LogP contribution is -3.00. The molecule has 1 heterocycles. The number of aliphatic carboxylic acids is 1. The highest BCUT2D eigenvalue weighted by atomic mass is 35.5. The second-order valence-corrected chi connectivity index (χ2v) is 6.37. The van der Waals surface area contributed by atoms with Gasteiger partial charge in [-0.25, -0.2) is 0 Å². The Labute approximate surface area is 143 Å². The Balaban J connectivity index is 0.000000522. The third-order valence-electron chi connectivity index (χ3n) is 3.19. The fourth-order valence-electron chi connectivity index (χ4n) is 2.00. The number of aryl methyl sites for hydroxylation is 1. The number of nitrogens with one attached hydrogen (secondary N) is 1. The van der Waals surface area contributed by atoms with Crippen molar-refractivity contribution in [3.8, 4) is 0 Å². The van der Waals surface area contributed by atoms with E-state index in [4.69, 9.17) is 10.2 Å². The van der Waals surface area contributed by atoms with Gasteiger partial charge in [0, 0.05) is 17.6 Å². The van der Waals surface area contributed by atoms with Crippen molar-refractivity contribution in [2.24, 2.45) is 0 Å². The predicted octanol–water partition coefficient (Wildman–Crippen LogP) is -0.736. The number of carboxylic acids is 1. The number of likely N-dealkylation sites (N-methyl/N-ethyl adjacent to an activating group) is 1. The Morgan fingerprint density at radius 2 is 1.87 bits per heavy atom. The van der Waals surface area contributed by atoms with E-state index in [0.29, 0.717) is 6.42 Å². The zero-order chi connectivity index (χ0) is 16.6. The van der Waals surface area contributed by atoms with Crippen LogP contribution in [-0.2, 0) is 11.2 Å². The Morgan fingerprint density at radius 1 is 1.22 bits per heavy atom. The second kappa shape index (κ2) is 10.3. The van der Waals surface area contributed by atoms with Gasteiger partial charge in [0.05, 0.1) is 27.7 Å². The molecule has 0 unspecified atom stereocenters. The number of hydrogen-bond donors (Lipinski definition) is 3. The van der Waals surface area contributed by atoms with Gasteiger partial charge in [-0.2, -0.15) is 0 Å². The molecule has 0 aliphatic heterocycles. The number of halogens is 1.